The van der Waals surface area contributed by atoms with Crippen molar-refractivity contribution in [2.24, 2.45) is 0 Å². The summed E-state index contributed by atoms with van der Waals surface area (Å²) >= 11 is 0. The Balaban J connectivity index is 2.90. The summed E-state index contributed by atoms with van der Waals surface area (Å²) in [7, 11) is 0. The number of carbonyl (C=O) groups is 2. The summed E-state index contributed by atoms with van der Waals surface area (Å²) in [6.45, 7) is 11.4. The number of rotatable bonds is 8. The Kier molecular flexibility index (Phi) is 7.93. The van der Waals surface area contributed by atoms with Gasteiger partial charge in [-0.15, -0.1) is 0 Å². The van der Waals surface area contributed by atoms with Gasteiger partial charge in [0.2, 0.25) is 0 Å². The van der Waals surface area contributed by atoms with Crippen LogP contribution in [0, 0.1) is 25.2 Å². The van der Waals surface area contributed by atoms with Crippen molar-refractivity contribution in [2.75, 3.05) is 19.7 Å². The van der Waals surface area contributed by atoms with E-state index in [4.69, 9.17) is 4.74 Å². The number of nitriles is 1. The van der Waals surface area contributed by atoms with Crippen LogP contribution < -0.4 is 0 Å². The van der Waals surface area contributed by atoms with E-state index in [9.17, 15) is 14.9 Å². The van der Waals surface area contributed by atoms with Gasteiger partial charge >= 0.3 is 5.97 Å². The molecule has 6 heteroatoms. The number of hydrogen-bond donors (Lipinski definition) is 0. The van der Waals surface area contributed by atoms with Gasteiger partial charge < -0.3 is 14.2 Å². The molecule has 0 N–H and O–H groups in total. The summed E-state index contributed by atoms with van der Waals surface area (Å²) in [6.07, 6.45) is 2.53. The molecular weight excluding hydrogens is 318 g/mol. The highest BCUT2D eigenvalue weighted by molar-refractivity contribution is 5.99. The normalized spacial score (nSPS) is 11.1. The van der Waals surface area contributed by atoms with Crippen LogP contribution in [0.1, 0.15) is 44.1 Å². The lowest BCUT2D eigenvalue weighted by molar-refractivity contribution is -0.148. The van der Waals surface area contributed by atoms with Crippen LogP contribution in [0.15, 0.2) is 11.6 Å². The van der Waals surface area contributed by atoms with E-state index >= 15 is 0 Å². The largest absolute Gasteiger partial charge is 0.451 e. The third-order valence-electron chi connectivity index (χ3n) is 4.14. The smallest absolute Gasteiger partial charge is 0.349 e. The summed E-state index contributed by atoms with van der Waals surface area (Å²) in [5.41, 5.74) is 2.78. The molecule has 0 aliphatic rings. The Labute approximate surface area is 149 Å². The molecule has 0 radical (unpaired) electrons. The van der Waals surface area contributed by atoms with Gasteiger partial charge in [0.15, 0.2) is 6.61 Å². The number of amides is 1. The minimum Gasteiger partial charge on any atom is -0.451 e. The van der Waals surface area contributed by atoms with Crippen molar-refractivity contribution in [3.8, 4) is 6.07 Å². The third-order valence-corrected chi connectivity index (χ3v) is 4.14. The second-order valence-electron chi connectivity index (χ2n) is 5.79. The van der Waals surface area contributed by atoms with Crippen LogP contribution in [0.2, 0.25) is 0 Å². The summed E-state index contributed by atoms with van der Waals surface area (Å²) < 4.78 is 7.16. The Hall–Kier alpha value is -2.55. The number of hydrogen-bond acceptors (Lipinski definition) is 4. The molecule has 0 fully saturated rings. The van der Waals surface area contributed by atoms with E-state index in [1.807, 2.05) is 39.8 Å². The molecule has 0 atom stereocenters. The van der Waals surface area contributed by atoms with Gasteiger partial charge in [-0.25, -0.2) is 4.79 Å². The van der Waals surface area contributed by atoms with Crippen molar-refractivity contribution in [3.05, 3.63) is 28.6 Å². The molecule has 25 heavy (non-hydrogen) atoms. The van der Waals surface area contributed by atoms with E-state index in [0.717, 1.165) is 29.9 Å². The molecule has 0 aliphatic carbocycles. The van der Waals surface area contributed by atoms with Crippen molar-refractivity contribution in [1.82, 2.24) is 9.47 Å². The lowest BCUT2D eigenvalue weighted by Crippen LogP contribution is -2.34. The number of ether oxygens (including phenoxy) is 1. The molecule has 136 valence electrons. The molecule has 1 aromatic heterocycles. The van der Waals surface area contributed by atoms with E-state index in [1.165, 1.54) is 6.08 Å². The van der Waals surface area contributed by atoms with Gasteiger partial charge in [-0.1, -0.05) is 6.92 Å². The predicted molar refractivity (Wildman–Crippen MR) is 96.7 cm³/mol. The summed E-state index contributed by atoms with van der Waals surface area (Å²) in [6, 6.07) is 3.81. The first-order valence-corrected chi connectivity index (χ1v) is 8.62. The molecule has 0 bridgehead atoms. The first-order valence-electron chi connectivity index (χ1n) is 8.62. The molecule has 0 saturated carbocycles. The zero-order chi connectivity index (χ0) is 19.0. The van der Waals surface area contributed by atoms with E-state index < -0.39 is 5.97 Å². The second kappa shape index (κ2) is 9.67. The van der Waals surface area contributed by atoms with E-state index in [-0.39, 0.29) is 18.1 Å². The van der Waals surface area contributed by atoms with Gasteiger partial charge in [0.25, 0.3) is 5.91 Å². The van der Waals surface area contributed by atoms with Gasteiger partial charge in [-0.05, 0) is 51.8 Å². The van der Waals surface area contributed by atoms with Crippen molar-refractivity contribution < 1.29 is 14.3 Å². The molecule has 6 nitrogen and oxygen atoms in total. The topological polar surface area (TPSA) is 75.3 Å². The SMILES string of the molecule is CCCn1c(C)cc(/C=C(\C#N)C(=O)OCC(=O)N(CC)CC)c1C. The summed E-state index contributed by atoms with van der Waals surface area (Å²) in [5.74, 6) is -1.04. The number of nitrogens with zero attached hydrogens (tertiary/aromatic N) is 3. The Bertz CT molecular complexity index is 692. The zero-order valence-electron chi connectivity index (χ0n) is 15.8. The minimum absolute atomic E-state index is 0.107. The fourth-order valence-electron chi connectivity index (χ4n) is 2.71. The van der Waals surface area contributed by atoms with Gasteiger partial charge in [-0.2, -0.15) is 5.26 Å². The lowest BCUT2D eigenvalue weighted by Gasteiger charge is -2.18. The highest BCUT2D eigenvalue weighted by Crippen LogP contribution is 2.19. The first-order chi connectivity index (χ1) is 11.9. The van der Waals surface area contributed by atoms with Crippen LogP contribution in [0.25, 0.3) is 6.08 Å². The quantitative estimate of drug-likeness (QED) is 0.412. The molecule has 0 unspecified atom stereocenters. The van der Waals surface area contributed by atoms with E-state index in [0.29, 0.717) is 13.1 Å². The van der Waals surface area contributed by atoms with E-state index in [2.05, 4.69) is 11.5 Å². The van der Waals surface area contributed by atoms with Gasteiger partial charge in [-0.3, -0.25) is 4.79 Å². The van der Waals surface area contributed by atoms with Crippen LogP contribution >= 0.6 is 0 Å². The highest BCUT2D eigenvalue weighted by atomic mass is 16.5. The average Bonchev–Trinajstić information content (AvgIpc) is 2.86. The maximum atomic E-state index is 12.1. The van der Waals surface area contributed by atoms with Crippen molar-refractivity contribution in [3.63, 3.8) is 0 Å². The summed E-state index contributed by atoms with van der Waals surface area (Å²) in [4.78, 5) is 25.6. The lowest BCUT2D eigenvalue weighted by atomic mass is 10.1. The monoisotopic (exact) mass is 345 g/mol. The zero-order valence-corrected chi connectivity index (χ0v) is 15.8. The molecule has 1 aromatic rings. The molecule has 0 aromatic carbocycles. The average molecular weight is 345 g/mol. The second-order valence-corrected chi connectivity index (χ2v) is 5.79. The summed E-state index contributed by atoms with van der Waals surface area (Å²) in [5, 5.41) is 9.27. The fourth-order valence-corrected chi connectivity index (χ4v) is 2.71. The van der Waals surface area contributed by atoms with Crippen LogP contribution in [0.4, 0.5) is 0 Å². The Morgan fingerprint density at radius 2 is 1.92 bits per heavy atom. The van der Waals surface area contributed by atoms with Crippen LogP contribution in [0.3, 0.4) is 0 Å². The van der Waals surface area contributed by atoms with E-state index in [1.54, 1.807) is 4.90 Å². The first kappa shape index (κ1) is 20.5. The van der Waals surface area contributed by atoms with Crippen molar-refractivity contribution >= 4 is 18.0 Å². The molecule has 0 aliphatic heterocycles. The Morgan fingerprint density at radius 1 is 1.28 bits per heavy atom. The molecule has 1 heterocycles. The number of likely N-dealkylation sites (N-methyl/N-ethyl adjacent to an activating group) is 1. The van der Waals surface area contributed by atoms with Gasteiger partial charge in [0.1, 0.15) is 11.6 Å². The van der Waals surface area contributed by atoms with Crippen LogP contribution in [-0.2, 0) is 20.9 Å². The maximum absolute atomic E-state index is 12.1. The standard InChI is InChI=1S/C19H27N3O3/c1-6-9-22-14(4)10-16(15(22)5)11-17(12-20)19(24)25-13-18(23)21(7-2)8-3/h10-11H,6-9,13H2,1-5H3/b17-11+. The number of aromatic nitrogens is 1. The van der Waals surface area contributed by atoms with Crippen molar-refractivity contribution in [1.29, 1.82) is 5.26 Å². The van der Waals surface area contributed by atoms with Crippen LogP contribution in [-0.4, -0.2) is 41.0 Å². The predicted octanol–water partition coefficient (Wildman–Crippen LogP) is 2.83. The van der Waals surface area contributed by atoms with Crippen LogP contribution in [0.5, 0.6) is 0 Å². The number of carbonyl (C=O) groups excluding carboxylic acids is 2. The number of esters is 1. The van der Waals surface area contributed by atoms with Gasteiger partial charge in [0, 0.05) is 31.0 Å². The highest BCUT2D eigenvalue weighted by Gasteiger charge is 2.17. The molecule has 1 amide bonds. The Morgan fingerprint density at radius 3 is 2.44 bits per heavy atom. The molecule has 0 saturated heterocycles. The molecule has 0 spiro atoms. The maximum Gasteiger partial charge on any atom is 0.349 e. The minimum atomic E-state index is -0.775. The fraction of sp³-hybridized carbons (Fsp3) is 0.526. The third kappa shape index (κ3) is 5.21. The molecule has 1 rings (SSSR count). The van der Waals surface area contributed by atoms with Gasteiger partial charge in [0.05, 0.1) is 0 Å². The number of aryl methyl sites for hydroxylation is 1. The van der Waals surface area contributed by atoms with Crippen molar-refractivity contribution in [2.45, 2.75) is 47.6 Å². The molecular formula is C19H27N3O3.